The minimum absolute atomic E-state index is 0.0905. The first kappa shape index (κ1) is 16.3. The van der Waals surface area contributed by atoms with Crippen molar-refractivity contribution in [2.24, 2.45) is 7.05 Å². The molecule has 0 unspecified atom stereocenters. The van der Waals surface area contributed by atoms with Crippen LogP contribution in [-0.2, 0) is 7.05 Å². The van der Waals surface area contributed by atoms with Crippen molar-refractivity contribution < 1.29 is 14.6 Å². The fourth-order valence-corrected chi connectivity index (χ4v) is 2.63. The van der Waals surface area contributed by atoms with Crippen LogP contribution >= 0.6 is 0 Å². The molecule has 0 saturated heterocycles. The lowest BCUT2D eigenvalue weighted by Crippen LogP contribution is -2.04. The van der Waals surface area contributed by atoms with Crippen LogP contribution in [-0.4, -0.2) is 28.0 Å². The largest absolute Gasteiger partial charge is 0.497 e. The molecule has 0 atom stereocenters. The number of benzene rings is 2. The van der Waals surface area contributed by atoms with Gasteiger partial charge in [-0.3, -0.25) is 4.68 Å². The number of hydrogen-bond acceptors (Lipinski definition) is 4. The third-order valence-corrected chi connectivity index (χ3v) is 3.94. The maximum absolute atomic E-state index is 11.2. The lowest BCUT2D eigenvalue weighted by molar-refractivity contribution is 0.0685. The normalized spacial score (nSPS) is 10.3. The number of hydrogen-bond donors (Lipinski definition) is 1. The molecular formula is C19H15N3O3. The van der Waals surface area contributed by atoms with Gasteiger partial charge in [-0.25, -0.2) is 4.79 Å². The Morgan fingerprint density at radius 3 is 2.40 bits per heavy atom. The molecule has 3 rings (SSSR count). The van der Waals surface area contributed by atoms with E-state index in [0.717, 1.165) is 16.9 Å². The van der Waals surface area contributed by atoms with Crippen molar-refractivity contribution in [3.05, 3.63) is 59.8 Å². The van der Waals surface area contributed by atoms with E-state index in [1.54, 1.807) is 20.2 Å². The van der Waals surface area contributed by atoms with E-state index in [2.05, 4.69) is 11.2 Å². The van der Waals surface area contributed by atoms with E-state index in [0.29, 0.717) is 16.8 Å². The monoisotopic (exact) mass is 333 g/mol. The Morgan fingerprint density at radius 1 is 1.16 bits per heavy atom. The van der Waals surface area contributed by atoms with Crippen molar-refractivity contribution >= 4 is 5.97 Å². The summed E-state index contributed by atoms with van der Waals surface area (Å²) in [6.07, 6.45) is 0. The average molecular weight is 333 g/mol. The van der Waals surface area contributed by atoms with Crippen LogP contribution in [0, 0.1) is 11.3 Å². The summed E-state index contributed by atoms with van der Waals surface area (Å²) in [5.74, 6) is -0.301. The fourth-order valence-electron chi connectivity index (χ4n) is 2.63. The van der Waals surface area contributed by atoms with Gasteiger partial charge in [0.25, 0.3) is 0 Å². The van der Waals surface area contributed by atoms with Gasteiger partial charge >= 0.3 is 5.97 Å². The summed E-state index contributed by atoms with van der Waals surface area (Å²) in [7, 11) is 3.17. The molecule has 6 nitrogen and oxygen atoms in total. The highest BCUT2D eigenvalue weighted by Crippen LogP contribution is 2.29. The molecule has 1 heterocycles. The van der Waals surface area contributed by atoms with Crippen LogP contribution in [0.2, 0.25) is 0 Å². The van der Waals surface area contributed by atoms with Gasteiger partial charge in [0, 0.05) is 12.6 Å². The second-order valence-corrected chi connectivity index (χ2v) is 5.44. The number of ether oxygens (including phenoxy) is 1. The number of nitrogens with zero attached hydrogens (tertiary/aromatic N) is 3. The molecule has 0 amide bonds. The van der Waals surface area contributed by atoms with E-state index in [1.807, 2.05) is 36.4 Å². The van der Waals surface area contributed by atoms with Gasteiger partial charge in [0.1, 0.15) is 11.4 Å². The number of methoxy groups -OCH3 is 1. The molecular weight excluding hydrogens is 318 g/mol. The summed E-state index contributed by atoms with van der Waals surface area (Å²) in [5.41, 5.74) is 3.48. The Balaban J connectivity index is 2.04. The third-order valence-electron chi connectivity index (χ3n) is 3.94. The molecule has 124 valence electrons. The van der Waals surface area contributed by atoms with Crippen molar-refractivity contribution in [3.8, 4) is 34.2 Å². The van der Waals surface area contributed by atoms with Crippen LogP contribution in [0.5, 0.6) is 5.75 Å². The zero-order valence-electron chi connectivity index (χ0n) is 13.7. The summed E-state index contributed by atoms with van der Waals surface area (Å²) < 4.78 is 6.45. The minimum Gasteiger partial charge on any atom is -0.497 e. The number of aromatic carboxylic acids is 1. The van der Waals surface area contributed by atoms with Crippen molar-refractivity contribution in [2.75, 3.05) is 7.11 Å². The van der Waals surface area contributed by atoms with Crippen LogP contribution in [0.1, 0.15) is 16.1 Å². The molecule has 1 aromatic heterocycles. The number of aromatic nitrogens is 2. The van der Waals surface area contributed by atoms with Crippen molar-refractivity contribution in [1.82, 2.24) is 9.78 Å². The Labute approximate surface area is 144 Å². The van der Waals surface area contributed by atoms with Crippen molar-refractivity contribution in [3.63, 3.8) is 0 Å². The van der Waals surface area contributed by atoms with E-state index in [1.165, 1.54) is 10.7 Å². The van der Waals surface area contributed by atoms with E-state index >= 15 is 0 Å². The maximum Gasteiger partial charge on any atom is 0.354 e. The van der Waals surface area contributed by atoms with E-state index in [4.69, 9.17) is 9.84 Å². The Morgan fingerprint density at radius 2 is 1.84 bits per heavy atom. The lowest BCUT2D eigenvalue weighted by Gasteiger charge is -2.07. The first-order chi connectivity index (χ1) is 12.0. The van der Waals surface area contributed by atoms with Crippen LogP contribution in [0.25, 0.3) is 22.4 Å². The van der Waals surface area contributed by atoms with Crippen LogP contribution < -0.4 is 4.74 Å². The smallest absolute Gasteiger partial charge is 0.354 e. The van der Waals surface area contributed by atoms with Gasteiger partial charge in [-0.05, 0) is 35.4 Å². The molecule has 25 heavy (non-hydrogen) atoms. The molecule has 0 aliphatic carbocycles. The minimum atomic E-state index is -1.04. The number of carboxylic acid groups (broad SMARTS) is 1. The number of rotatable bonds is 4. The number of carbonyl (C=O) groups is 1. The highest BCUT2D eigenvalue weighted by Gasteiger charge is 2.14. The average Bonchev–Trinajstić information content (AvgIpc) is 3.03. The molecule has 0 spiro atoms. The predicted molar refractivity (Wildman–Crippen MR) is 92.3 cm³/mol. The van der Waals surface area contributed by atoms with Gasteiger partial charge in [0.15, 0.2) is 0 Å². The number of aryl methyl sites for hydroxylation is 1. The highest BCUT2D eigenvalue weighted by molar-refractivity contribution is 5.87. The lowest BCUT2D eigenvalue weighted by atomic mass is 9.97. The van der Waals surface area contributed by atoms with Crippen molar-refractivity contribution in [1.29, 1.82) is 5.26 Å². The molecule has 0 radical (unpaired) electrons. The Hall–Kier alpha value is -3.59. The van der Waals surface area contributed by atoms with Gasteiger partial charge < -0.3 is 9.84 Å². The summed E-state index contributed by atoms with van der Waals surface area (Å²) >= 11 is 0. The van der Waals surface area contributed by atoms with Crippen LogP contribution in [0.3, 0.4) is 0 Å². The third kappa shape index (κ3) is 3.08. The maximum atomic E-state index is 11.2. The van der Waals surface area contributed by atoms with Crippen molar-refractivity contribution in [2.45, 2.75) is 0 Å². The summed E-state index contributed by atoms with van der Waals surface area (Å²) in [5, 5.41) is 22.9. The van der Waals surface area contributed by atoms with E-state index < -0.39 is 5.97 Å². The zero-order valence-corrected chi connectivity index (χ0v) is 13.7. The van der Waals surface area contributed by atoms with E-state index in [9.17, 15) is 10.1 Å². The SMILES string of the molecule is COc1ccc(-c2ccc(-c3cc(C(=O)O)n(C)n3)cc2C#N)cc1. The second kappa shape index (κ2) is 6.49. The van der Waals surface area contributed by atoms with Gasteiger partial charge in [-0.1, -0.05) is 24.3 Å². The van der Waals surface area contributed by atoms with Gasteiger partial charge in [-0.2, -0.15) is 10.4 Å². The van der Waals surface area contributed by atoms with Crippen LogP contribution in [0.4, 0.5) is 0 Å². The van der Waals surface area contributed by atoms with Crippen LogP contribution in [0.15, 0.2) is 48.5 Å². The molecule has 2 aromatic carbocycles. The molecule has 0 aliphatic rings. The summed E-state index contributed by atoms with van der Waals surface area (Å²) in [6.45, 7) is 0. The summed E-state index contributed by atoms with van der Waals surface area (Å²) in [4.78, 5) is 11.2. The topological polar surface area (TPSA) is 88.1 Å². The molecule has 0 fully saturated rings. The molecule has 0 bridgehead atoms. The number of nitriles is 1. The molecule has 6 heteroatoms. The number of carboxylic acids is 1. The van der Waals surface area contributed by atoms with E-state index in [-0.39, 0.29) is 5.69 Å². The quantitative estimate of drug-likeness (QED) is 0.791. The molecule has 0 saturated carbocycles. The predicted octanol–water partition coefficient (Wildman–Crippen LogP) is 3.33. The van der Waals surface area contributed by atoms with Gasteiger partial charge in [0.2, 0.25) is 0 Å². The standard InChI is InChI=1S/C19H15N3O3/c1-22-18(19(23)24)10-17(21-22)13-5-8-16(14(9-13)11-20)12-3-6-15(25-2)7-4-12/h3-10H,1-2H3,(H,23,24). The molecule has 3 aromatic rings. The highest BCUT2D eigenvalue weighted by atomic mass is 16.5. The summed E-state index contributed by atoms with van der Waals surface area (Å²) in [6, 6.07) is 16.5. The molecule has 0 aliphatic heterocycles. The van der Waals surface area contributed by atoms with Gasteiger partial charge in [-0.15, -0.1) is 0 Å². The first-order valence-electron chi connectivity index (χ1n) is 7.49. The second-order valence-electron chi connectivity index (χ2n) is 5.44. The van der Waals surface area contributed by atoms with Gasteiger partial charge in [0.05, 0.1) is 24.4 Å². The fraction of sp³-hybridized carbons (Fsp3) is 0.105. The Kier molecular flexibility index (Phi) is 4.23. The zero-order chi connectivity index (χ0) is 18.0. The Bertz CT molecular complexity index is 982. The first-order valence-corrected chi connectivity index (χ1v) is 7.49. The molecule has 1 N–H and O–H groups in total.